The fourth-order valence-electron chi connectivity index (χ4n) is 2.84. The molecule has 24 heavy (non-hydrogen) atoms. The van der Waals surface area contributed by atoms with Crippen LogP contribution >= 0.6 is 0 Å². The first-order chi connectivity index (χ1) is 11.7. The van der Waals surface area contributed by atoms with E-state index < -0.39 is 0 Å². The minimum Gasteiger partial charge on any atom is -0.494 e. The van der Waals surface area contributed by atoms with Crippen LogP contribution in [-0.2, 0) is 0 Å². The van der Waals surface area contributed by atoms with Crippen LogP contribution in [0.5, 0.6) is 5.75 Å². The van der Waals surface area contributed by atoms with Crippen LogP contribution in [0.2, 0.25) is 0 Å². The van der Waals surface area contributed by atoms with E-state index in [-0.39, 0.29) is 11.9 Å². The number of carbonyl (C=O) groups excluding carboxylic acids is 1. The van der Waals surface area contributed by atoms with Crippen LogP contribution in [0, 0.1) is 6.92 Å². The standard InChI is InChI=1S/C17H22N4O3/c1-3-23-15-8-6-14(7-9-15)18-17(22)21-10-4-5-13(11-21)16-20-19-12(2)24-16/h6-9,13H,3-5,10-11H2,1-2H3,(H,18,22). The van der Waals surface area contributed by atoms with Crippen LogP contribution in [0.4, 0.5) is 10.5 Å². The van der Waals surface area contributed by atoms with E-state index in [0.29, 0.717) is 24.9 Å². The summed E-state index contributed by atoms with van der Waals surface area (Å²) in [6.45, 7) is 5.65. The molecule has 1 aromatic carbocycles. The number of rotatable bonds is 4. The summed E-state index contributed by atoms with van der Waals surface area (Å²) in [6, 6.07) is 7.26. The lowest BCUT2D eigenvalue weighted by molar-refractivity contribution is 0.186. The molecule has 1 aliphatic heterocycles. The van der Waals surface area contributed by atoms with Crippen molar-refractivity contribution in [3.8, 4) is 5.75 Å². The van der Waals surface area contributed by atoms with Crippen LogP contribution in [0.15, 0.2) is 28.7 Å². The number of nitrogens with zero attached hydrogens (tertiary/aromatic N) is 3. The minimum absolute atomic E-state index is 0.103. The molecule has 2 aromatic rings. The number of piperidine rings is 1. The predicted octanol–water partition coefficient (Wildman–Crippen LogP) is 3.19. The molecule has 0 spiro atoms. The normalized spacial score (nSPS) is 17.6. The number of aromatic nitrogens is 2. The molecule has 128 valence electrons. The molecule has 1 atom stereocenters. The molecule has 2 amide bonds. The first-order valence-electron chi connectivity index (χ1n) is 8.24. The summed E-state index contributed by atoms with van der Waals surface area (Å²) in [6.07, 6.45) is 1.87. The highest BCUT2D eigenvalue weighted by Crippen LogP contribution is 2.26. The molecule has 0 aliphatic carbocycles. The molecule has 1 saturated heterocycles. The Labute approximate surface area is 141 Å². The zero-order valence-corrected chi connectivity index (χ0v) is 14.0. The van der Waals surface area contributed by atoms with Crippen molar-refractivity contribution in [3.63, 3.8) is 0 Å². The summed E-state index contributed by atoms with van der Waals surface area (Å²) in [5.41, 5.74) is 0.749. The lowest BCUT2D eigenvalue weighted by Gasteiger charge is -2.31. The molecule has 1 unspecified atom stereocenters. The topological polar surface area (TPSA) is 80.5 Å². The molecule has 3 rings (SSSR count). The number of benzene rings is 1. The minimum atomic E-state index is -0.111. The van der Waals surface area contributed by atoms with Crippen molar-refractivity contribution in [2.75, 3.05) is 25.0 Å². The third-order valence-corrected chi connectivity index (χ3v) is 4.02. The Morgan fingerprint density at radius 1 is 1.38 bits per heavy atom. The van der Waals surface area contributed by atoms with E-state index in [1.807, 2.05) is 31.2 Å². The van der Waals surface area contributed by atoms with Gasteiger partial charge in [0.25, 0.3) is 0 Å². The molecule has 2 heterocycles. The smallest absolute Gasteiger partial charge is 0.321 e. The summed E-state index contributed by atoms with van der Waals surface area (Å²) in [5.74, 6) is 2.07. The highest BCUT2D eigenvalue weighted by molar-refractivity contribution is 5.89. The van der Waals surface area contributed by atoms with Crippen molar-refractivity contribution in [2.45, 2.75) is 32.6 Å². The third-order valence-electron chi connectivity index (χ3n) is 4.02. The number of likely N-dealkylation sites (tertiary alicyclic amines) is 1. The molecule has 0 bridgehead atoms. The zero-order valence-electron chi connectivity index (χ0n) is 14.0. The van der Waals surface area contributed by atoms with Gasteiger partial charge in [0, 0.05) is 25.7 Å². The summed E-state index contributed by atoms with van der Waals surface area (Å²) in [5, 5.41) is 10.9. The average molecular weight is 330 g/mol. The van der Waals surface area contributed by atoms with E-state index >= 15 is 0 Å². The van der Waals surface area contributed by atoms with E-state index in [0.717, 1.165) is 30.8 Å². The number of hydrogen-bond donors (Lipinski definition) is 1. The first kappa shape index (κ1) is 16.3. The number of urea groups is 1. The van der Waals surface area contributed by atoms with Crippen molar-refractivity contribution in [1.82, 2.24) is 15.1 Å². The summed E-state index contributed by atoms with van der Waals surface area (Å²) < 4.78 is 10.9. The van der Waals surface area contributed by atoms with Crippen LogP contribution < -0.4 is 10.1 Å². The number of aryl methyl sites for hydroxylation is 1. The van der Waals surface area contributed by atoms with Gasteiger partial charge in [-0.05, 0) is 44.0 Å². The van der Waals surface area contributed by atoms with Gasteiger partial charge in [0.15, 0.2) is 0 Å². The first-order valence-corrected chi connectivity index (χ1v) is 8.24. The lowest BCUT2D eigenvalue weighted by Crippen LogP contribution is -2.41. The highest BCUT2D eigenvalue weighted by atomic mass is 16.5. The number of nitrogens with one attached hydrogen (secondary N) is 1. The maximum Gasteiger partial charge on any atom is 0.321 e. The molecule has 0 radical (unpaired) electrons. The number of amides is 2. The quantitative estimate of drug-likeness (QED) is 0.931. The van der Waals surface area contributed by atoms with Gasteiger partial charge in [-0.15, -0.1) is 10.2 Å². The second-order valence-corrected chi connectivity index (χ2v) is 5.83. The largest absolute Gasteiger partial charge is 0.494 e. The second kappa shape index (κ2) is 7.33. The maximum atomic E-state index is 12.5. The van der Waals surface area contributed by atoms with Crippen LogP contribution in [0.3, 0.4) is 0 Å². The van der Waals surface area contributed by atoms with E-state index in [2.05, 4.69) is 15.5 Å². The predicted molar refractivity (Wildman–Crippen MR) is 89.2 cm³/mol. The van der Waals surface area contributed by atoms with Crippen LogP contribution in [-0.4, -0.2) is 40.8 Å². The SMILES string of the molecule is CCOc1ccc(NC(=O)N2CCCC(c3nnc(C)o3)C2)cc1. The number of hydrogen-bond acceptors (Lipinski definition) is 5. The molecule has 0 saturated carbocycles. The van der Waals surface area contributed by atoms with Gasteiger partial charge in [-0.3, -0.25) is 0 Å². The number of carbonyl (C=O) groups is 1. The molecular weight excluding hydrogens is 308 g/mol. The van der Waals surface area contributed by atoms with Crippen molar-refractivity contribution in [1.29, 1.82) is 0 Å². The Hall–Kier alpha value is -2.57. The van der Waals surface area contributed by atoms with Crippen LogP contribution in [0.25, 0.3) is 0 Å². The second-order valence-electron chi connectivity index (χ2n) is 5.83. The van der Waals surface area contributed by atoms with Gasteiger partial charge < -0.3 is 19.4 Å². The van der Waals surface area contributed by atoms with Crippen LogP contribution in [0.1, 0.15) is 37.5 Å². The van der Waals surface area contributed by atoms with E-state index in [4.69, 9.17) is 9.15 Å². The Morgan fingerprint density at radius 3 is 2.83 bits per heavy atom. The zero-order chi connectivity index (χ0) is 16.9. The summed E-state index contributed by atoms with van der Waals surface area (Å²) >= 11 is 0. The molecule has 1 fully saturated rings. The van der Waals surface area contributed by atoms with Gasteiger partial charge in [0.1, 0.15) is 5.75 Å². The van der Waals surface area contributed by atoms with Gasteiger partial charge in [-0.1, -0.05) is 0 Å². The molecule has 7 nitrogen and oxygen atoms in total. The van der Waals surface area contributed by atoms with Gasteiger partial charge >= 0.3 is 6.03 Å². The van der Waals surface area contributed by atoms with Crippen molar-refractivity contribution >= 4 is 11.7 Å². The van der Waals surface area contributed by atoms with Gasteiger partial charge in [-0.25, -0.2) is 4.79 Å². The molecule has 7 heteroatoms. The van der Waals surface area contributed by atoms with Crippen molar-refractivity contribution in [3.05, 3.63) is 36.0 Å². The summed E-state index contributed by atoms with van der Waals surface area (Å²) in [7, 11) is 0. The molecular formula is C17H22N4O3. The Bertz CT molecular complexity index is 683. The fraction of sp³-hybridized carbons (Fsp3) is 0.471. The van der Waals surface area contributed by atoms with Crippen molar-refractivity contribution < 1.29 is 13.9 Å². The summed E-state index contributed by atoms with van der Waals surface area (Å²) in [4.78, 5) is 14.3. The van der Waals surface area contributed by atoms with Gasteiger partial charge in [-0.2, -0.15) is 0 Å². The monoisotopic (exact) mass is 330 g/mol. The molecule has 1 aliphatic rings. The lowest BCUT2D eigenvalue weighted by atomic mass is 9.98. The third kappa shape index (κ3) is 3.84. The molecule has 1 aromatic heterocycles. The van der Waals surface area contributed by atoms with Gasteiger partial charge in [0.05, 0.1) is 12.5 Å². The maximum absolute atomic E-state index is 12.5. The molecule has 1 N–H and O–H groups in total. The van der Waals surface area contributed by atoms with E-state index in [1.165, 1.54) is 0 Å². The van der Waals surface area contributed by atoms with Gasteiger partial charge in [0.2, 0.25) is 11.8 Å². The average Bonchev–Trinajstić information content (AvgIpc) is 3.03. The Kier molecular flexibility index (Phi) is 4.98. The Balaban J connectivity index is 1.59. The number of ether oxygens (including phenoxy) is 1. The fourth-order valence-corrected chi connectivity index (χ4v) is 2.84. The number of anilines is 1. The Morgan fingerprint density at radius 2 is 2.17 bits per heavy atom. The highest BCUT2D eigenvalue weighted by Gasteiger charge is 2.28. The van der Waals surface area contributed by atoms with E-state index in [1.54, 1.807) is 11.8 Å². The van der Waals surface area contributed by atoms with E-state index in [9.17, 15) is 4.79 Å². The van der Waals surface area contributed by atoms with Crippen molar-refractivity contribution in [2.24, 2.45) is 0 Å².